The third-order valence-corrected chi connectivity index (χ3v) is 7.14. The van der Waals surface area contributed by atoms with E-state index < -0.39 is 5.97 Å². The minimum absolute atomic E-state index is 0.0313. The zero-order chi connectivity index (χ0) is 24.1. The molecule has 0 aliphatic rings. The van der Waals surface area contributed by atoms with Crippen LogP contribution >= 0.6 is 23.1 Å². The van der Waals surface area contributed by atoms with Gasteiger partial charge >= 0.3 is 5.97 Å². The number of rotatable bonds is 8. The largest absolute Gasteiger partial charge is 0.462 e. The van der Waals surface area contributed by atoms with Crippen LogP contribution in [0.25, 0.3) is 21.3 Å². The molecule has 0 aliphatic heterocycles. The van der Waals surface area contributed by atoms with Gasteiger partial charge in [0.25, 0.3) is 5.56 Å². The first-order valence-electron chi connectivity index (χ1n) is 10.8. The van der Waals surface area contributed by atoms with E-state index in [4.69, 9.17) is 4.74 Å². The monoisotopic (exact) mass is 493 g/mol. The normalized spacial score (nSPS) is 10.9. The molecule has 4 aromatic rings. The summed E-state index contributed by atoms with van der Waals surface area (Å²) in [5, 5.41) is 3.85. The van der Waals surface area contributed by atoms with E-state index in [9.17, 15) is 14.4 Å². The molecular weight excluding hydrogens is 470 g/mol. The van der Waals surface area contributed by atoms with Crippen molar-refractivity contribution in [1.29, 1.82) is 0 Å². The van der Waals surface area contributed by atoms with E-state index in [1.54, 1.807) is 35.8 Å². The van der Waals surface area contributed by atoms with Gasteiger partial charge in [0.2, 0.25) is 5.91 Å². The number of thiophene rings is 1. The first-order chi connectivity index (χ1) is 16.5. The molecule has 174 valence electrons. The fourth-order valence-electron chi connectivity index (χ4n) is 3.43. The molecule has 0 spiro atoms. The number of thioether (sulfide) groups is 1. The average Bonchev–Trinajstić information content (AvgIpc) is 3.27. The molecule has 1 N–H and O–H groups in total. The van der Waals surface area contributed by atoms with Crippen LogP contribution in [-0.2, 0) is 16.1 Å². The maximum Gasteiger partial charge on any atom is 0.350 e. The molecule has 4 rings (SSSR count). The summed E-state index contributed by atoms with van der Waals surface area (Å²) in [6.07, 6.45) is 0. The van der Waals surface area contributed by atoms with E-state index in [-0.39, 0.29) is 23.8 Å². The van der Waals surface area contributed by atoms with Gasteiger partial charge in [-0.3, -0.25) is 14.2 Å². The van der Waals surface area contributed by atoms with Gasteiger partial charge in [-0.15, -0.1) is 11.3 Å². The third-order valence-electron chi connectivity index (χ3n) is 5.00. The fourth-order valence-corrected chi connectivity index (χ4v) is 5.31. The van der Waals surface area contributed by atoms with E-state index >= 15 is 0 Å². The molecule has 0 saturated heterocycles. The van der Waals surface area contributed by atoms with E-state index in [0.29, 0.717) is 33.2 Å². The van der Waals surface area contributed by atoms with Crippen LogP contribution < -0.4 is 10.9 Å². The first kappa shape index (κ1) is 23.7. The molecular formula is C25H23N3O4S2. The van der Waals surface area contributed by atoms with Gasteiger partial charge in [0.05, 0.1) is 29.0 Å². The number of nitrogens with one attached hydrogen (secondary N) is 1. The Bertz CT molecular complexity index is 1400. The lowest BCUT2D eigenvalue weighted by atomic mass is 10.2. The highest BCUT2D eigenvalue weighted by Crippen LogP contribution is 2.35. The van der Waals surface area contributed by atoms with Crippen LogP contribution in [0.2, 0.25) is 0 Å². The highest BCUT2D eigenvalue weighted by Gasteiger charge is 2.20. The van der Waals surface area contributed by atoms with Gasteiger partial charge in [0, 0.05) is 11.4 Å². The number of para-hydroxylation sites is 1. The number of nitrogens with zero attached hydrogens (tertiary/aromatic N) is 2. The number of hydrogen-bond acceptors (Lipinski definition) is 7. The van der Waals surface area contributed by atoms with Crippen LogP contribution in [0.5, 0.6) is 0 Å². The van der Waals surface area contributed by atoms with Crippen molar-refractivity contribution in [2.24, 2.45) is 0 Å². The molecule has 0 radical (unpaired) electrons. The molecule has 34 heavy (non-hydrogen) atoms. The first-order valence-corrected chi connectivity index (χ1v) is 12.6. The second-order valence-electron chi connectivity index (χ2n) is 7.24. The summed E-state index contributed by atoms with van der Waals surface area (Å²) >= 11 is 2.46. The van der Waals surface area contributed by atoms with Gasteiger partial charge in [-0.1, -0.05) is 54.2 Å². The molecule has 9 heteroatoms. The predicted octanol–water partition coefficient (Wildman–Crippen LogP) is 5.05. The summed E-state index contributed by atoms with van der Waals surface area (Å²) in [4.78, 5) is 43.9. The standard InChI is InChI=1S/C25H23N3O4S2/c1-3-28-23(30)17-12-8-9-13-18(17)27-25(28)33-15-21(29)26-19-14-20(16-10-6-5-7-11-16)34-22(19)24(31)32-4-2/h5-14H,3-4,15H2,1-2H3,(H,26,29). The summed E-state index contributed by atoms with van der Waals surface area (Å²) in [7, 11) is 0. The highest BCUT2D eigenvalue weighted by molar-refractivity contribution is 7.99. The molecule has 0 bridgehead atoms. The van der Waals surface area contributed by atoms with Crippen LogP contribution in [0, 0.1) is 0 Å². The van der Waals surface area contributed by atoms with Crippen molar-refractivity contribution in [3.05, 3.63) is 75.9 Å². The van der Waals surface area contributed by atoms with Crippen LogP contribution in [0.3, 0.4) is 0 Å². The molecule has 0 fully saturated rings. The zero-order valence-electron chi connectivity index (χ0n) is 18.7. The lowest BCUT2D eigenvalue weighted by Crippen LogP contribution is -2.23. The summed E-state index contributed by atoms with van der Waals surface area (Å²) < 4.78 is 6.74. The number of hydrogen-bond donors (Lipinski definition) is 1. The van der Waals surface area contributed by atoms with E-state index in [1.807, 2.05) is 43.3 Å². The molecule has 0 unspecified atom stereocenters. The second-order valence-corrected chi connectivity index (χ2v) is 9.23. The van der Waals surface area contributed by atoms with Crippen molar-refractivity contribution in [2.75, 3.05) is 17.7 Å². The number of carbonyl (C=O) groups is 2. The van der Waals surface area contributed by atoms with E-state index in [0.717, 1.165) is 10.4 Å². The Kier molecular flexibility index (Phi) is 7.44. The number of aromatic nitrogens is 2. The Morgan fingerprint density at radius 2 is 1.82 bits per heavy atom. The number of fused-ring (bicyclic) bond motifs is 1. The maximum absolute atomic E-state index is 12.8. The van der Waals surface area contributed by atoms with E-state index in [1.165, 1.54) is 23.1 Å². The summed E-state index contributed by atoms with van der Waals surface area (Å²) in [6.45, 7) is 4.29. The number of carbonyl (C=O) groups excluding carboxylic acids is 2. The van der Waals surface area contributed by atoms with Crippen molar-refractivity contribution < 1.29 is 14.3 Å². The van der Waals surface area contributed by atoms with Crippen molar-refractivity contribution in [3.63, 3.8) is 0 Å². The van der Waals surface area contributed by atoms with Crippen LogP contribution in [0.4, 0.5) is 5.69 Å². The molecule has 2 heterocycles. The minimum atomic E-state index is -0.478. The SMILES string of the molecule is CCOC(=O)c1sc(-c2ccccc2)cc1NC(=O)CSc1nc2ccccc2c(=O)n1CC. The number of ether oxygens (including phenoxy) is 1. The Morgan fingerprint density at radius 1 is 1.09 bits per heavy atom. The topological polar surface area (TPSA) is 90.3 Å². The van der Waals surface area contributed by atoms with Crippen molar-refractivity contribution in [3.8, 4) is 10.4 Å². The summed E-state index contributed by atoms with van der Waals surface area (Å²) in [5.41, 5.74) is 1.81. The average molecular weight is 494 g/mol. The van der Waals surface area contributed by atoms with Gasteiger partial charge < -0.3 is 10.1 Å². The quantitative estimate of drug-likeness (QED) is 0.210. The van der Waals surface area contributed by atoms with Crippen molar-refractivity contribution in [2.45, 2.75) is 25.5 Å². The van der Waals surface area contributed by atoms with Gasteiger partial charge in [0.15, 0.2) is 5.16 Å². The lowest BCUT2D eigenvalue weighted by Gasteiger charge is -2.11. The Balaban J connectivity index is 1.56. The van der Waals surface area contributed by atoms with Gasteiger partial charge in [-0.05, 0) is 37.6 Å². The molecule has 2 aromatic heterocycles. The van der Waals surface area contributed by atoms with Crippen LogP contribution in [0.15, 0.2) is 70.6 Å². The predicted molar refractivity (Wildman–Crippen MR) is 137 cm³/mol. The molecule has 0 saturated carbocycles. The van der Waals surface area contributed by atoms with Crippen LogP contribution in [0.1, 0.15) is 23.5 Å². The molecule has 1 amide bonds. The van der Waals surface area contributed by atoms with Gasteiger partial charge in [-0.2, -0.15) is 0 Å². The maximum atomic E-state index is 12.8. The molecule has 0 atom stereocenters. The van der Waals surface area contributed by atoms with Gasteiger partial charge in [-0.25, -0.2) is 9.78 Å². The minimum Gasteiger partial charge on any atom is -0.462 e. The third kappa shape index (κ3) is 5.05. The molecule has 2 aromatic carbocycles. The molecule has 0 aliphatic carbocycles. The van der Waals surface area contributed by atoms with E-state index in [2.05, 4.69) is 10.3 Å². The zero-order valence-corrected chi connectivity index (χ0v) is 20.4. The van der Waals surface area contributed by atoms with Crippen molar-refractivity contribution in [1.82, 2.24) is 9.55 Å². The van der Waals surface area contributed by atoms with Crippen molar-refractivity contribution >= 4 is 51.6 Å². The van der Waals surface area contributed by atoms with Crippen LogP contribution in [-0.4, -0.2) is 33.8 Å². The fraction of sp³-hybridized carbons (Fsp3) is 0.200. The summed E-state index contributed by atoms with van der Waals surface area (Å²) in [5.74, 6) is -0.754. The number of anilines is 1. The number of benzene rings is 2. The Hall–Kier alpha value is -3.43. The number of amides is 1. The summed E-state index contributed by atoms with van der Waals surface area (Å²) in [6, 6.07) is 18.6. The van der Waals surface area contributed by atoms with Gasteiger partial charge in [0.1, 0.15) is 4.88 Å². The molecule has 7 nitrogen and oxygen atoms in total. The Labute approximate surface area is 204 Å². The number of esters is 1. The lowest BCUT2D eigenvalue weighted by molar-refractivity contribution is -0.113. The smallest absolute Gasteiger partial charge is 0.350 e. The second kappa shape index (κ2) is 10.7. The highest BCUT2D eigenvalue weighted by atomic mass is 32.2. The Morgan fingerprint density at radius 3 is 2.56 bits per heavy atom.